The molecule has 1 rings (SSSR count). The fourth-order valence-corrected chi connectivity index (χ4v) is 4.57. The van der Waals surface area contributed by atoms with Gasteiger partial charge in [-0.25, -0.2) is 0 Å². The van der Waals surface area contributed by atoms with Gasteiger partial charge in [-0.05, 0) is 24.4 Å². The Bertz CT molecular complexity index is 191. The van der Waals surface area contributed by atoms with Crippen LogP contribution in [-0.2, 0) is 4.79 Å². The van der Waals surface area contributed by atoms with E-state index in [4.69, 9.17) is 11.6 Å². The number of hydrogen-bond acceptors (Lipinski definition) is 1. The Balaban J connectivity index is 2.62. The summed E-state index contributed by atoms with van der Waals surface area (Å²) in [6.07, 6.45) is 2.02. The summed E-state index contributed by atoms with van der Waals surface area (Å²) in [5, 5.41) is -0.132. The van der Waals surface area contributed by atoms with Gasteiger partial charge in [0.1, 0.15) is 0 Å². The first-order valence-electron chi connectivity index (χ1n) is 4.56. The van der Waals surface area contributed by atoms with E-state index in [1.807, 2.05) is 6.92 Å². The van der Waals surface area contributed by atoms with Gasteiger partial charge in [-0.2, -0.15) is 0 Å². The topological polar surface area (TPSA) is 17.1 Å². The maximum absolute atomic E-state index is 11.1. The van der Waals surface area contributed by atoms with E-state index >= 15 is 0 Å². The molecular formula is C9H17ClOSi. The summed E-state index contributed by atoms with van der Waals surface area (Å²) in [5.74, 6) is 0. The van der Waals surface area contributed by atoms with Crippen molar-refractivity contribution in [1.82, 2.24) is 0 Å². The van der Waals surface area contributed by atoms with Gasteiger partial charge >= 0.3 is 0 Å². The molecule has 70 valence electrons. The Kier molecular flexibility index (Phi) is 2.69. The third kappa shape index (κ3) is 2.11. The minimum Gasteiger partial charge on any atom is -0.281 e. The fourth-order valence-electron chi connectivity index (χ4n) is 1.68. The maximum Gasteiger partial charge on any atom is 0.227 e. The van der Waals surface area contributed by atoms with Crippen LogP contribution in [-0.4, -0.2) is 13.3 Å². The minimum atomic E-state index is -0.936. The Morgan fingerprint density at radius 2 is 1.75 bits per heavy atom. The number of hydrogen-bond donors (Lipinski definition) is 0. The van der Waals surface area contributed by atoms with Crippen LogP contribution in [0.1, 0.15) is 19.8 Å². The van der Waals surface area contributed by atoms with Crippen molar-refractivity contribution in [1.29, 1.82) is 0 Å². The molecule has 0 radical (unpaired) electrons. The average molecular weight is 205 g/mol. The largest absolute Gasteiger partial charge is 0.281 e. The summed E-state index contributed by atoms with van der Waals surface area (Å²) in [5.41, 5.74) is -0.204. The van der Waals surface area contributed by atoms with Gasteiger partial charge in [0.15, 0.2) is 0 Å². The second kappa shape index (κ2) is 3.15. The normalized spacial score (nSPS) is 26.7. The molecule has 0 N–H and O–H groups in total. The number of carbonyl (C=O) groups excluding carboxylic acids is 1. The lowest BCUT2D eigenvalue weighted by atomic mass is 9.86. The number of rotatable bonds is 1. The van der Waals surface area contributed by atoms with Gasteiger partial charge in [-0.3, -0.25) is 4.79 Å². The summed E-state index contributed by atoms with van der Waals surface area (Å²) in [6, 6.07) is 2.50. The molecule has 12 heavy (non-hydrogen) atoms. The average Bonchev–Trinajstić information content (AvgIpc) is 1.96. The van der Waals surface area contributed by atoms with Crippen molar-refractivity contribution in [3.63, 3.8) is 0 Å². The fraction of sp³-hybridized carbons (Fsp3) is 0.889. The van der Waals surface area contributed by atoms with Gasteiger partial charge in [-0.15, -0.1) is 0 Å². The zero-order valence-electron chi connectivity index (χ0n) is 8.11. The van der Waals surface area contributed by atoms with Gasteiger partial charge in [-0.1, -0.05) is 32.1 Å². The van der Waals surface area contributed by atoms with Crippen LogP contribution in [0.2, 0.25) is 25.2 Å². The SMILES string of the molecule is CC1(C(=O)Cl)CC[Si](C)(C)CC1. The molecule has 1 saturated heterocycles. The Hall–Kier alpha value is 0.177. The van der Waals surface area contributed by atoms with Crippen LogP contribution < -0.4 is 0 Å². The monoisotopic (exact) mass is 204 g/mol. The highest BCUT2D eigenvalue weighted by Crippen LogP contribution is 2.42. The molecule has 0 bridgehead atoms. The second-order valence-corrected chi connectivity index (χ2v) is 10.7. The predicted molar refractivity (Wildman–Crippen MR) is 55.3 cm³/mol. The first kappa shape index (κ1) is 10.3. The molecule has 0 saturated carbocycles. The zero-order valence-corrected chi connectivity index (χ0v) is 9.87. The molecule has 3 heteroatoms. The van der Waals surface area contributed by atoms with Crippen molar-refractivity contribution in [2.45, 2.75) is 44.9 Å². The molecule has 1 heterocycles. The summed E-state index contributed by atoms with van der Waals surface area (Å²) in [4.78, 5) is 11.1. The van der Waals surface area contributed by atoms with E-state index in [2.05, 4.69) is 13.1 Å². The van der Waals surface area contributed by atoms with Crippen molar-refractivity contribution in [2.24, 2.45) is 5.41 Å². The van der Waals surface area contributed by atoms with E-state index in [1.165, 1.54) is 12.1 Å². The van der Waals surface area contributed by atoms with E-state index in [0.29, 0.717) is 0 Å². The van der Waals surface area contributed by atoms with Gasteiger partial charge in [0, 0.05) is 13.5 Å². The van der Waals surface area contributed by atoms with Gasteiger partial charge in [0.25, 0.3) is 0 Å². The standard InChI is InChI=1S/C9H17ClOSi/c1-9(8(10)11)4-6-12(2,3)7-5-9/h4-7H2,1-3H3. The first-order valence-corrected chi connectivity index (χ1v) is 8.35. The smallest absolute Gasteiger partial charge is 0.227 e. The van der Waals surface area contributed by atoms with E-state index in [1.54, 1.807) is 0 Å². The van der Waals surface area contributed by atoms with Crippen LogP contribution in [0.25, 0.3) is 0 Å². The van der Waals surface area contributed by atoms with Crippen LogP contribution >= 0.6 is 11.6 Å². The Morgan fingerprint density at radius 3 is 2.08 bits per heavy atom. The van der Waals surface area contributed by atoms with Crippen molar-refractivity contribution in [3.05, 3.63) is 0 Å². The molecule has 1 nitrogen and oxygen atoms in total. The lowest BCUT2D eigenvalue weighted by Gasteiger charge is -2.37. The van der Waals surface area contributed by atoms with Crippen LogP contribution in [0, 0.1) is 5.41 Å². The zero-order chi connectivity index (χ0) is 9.41. The van der Waals surface area contributed by atoms with Crippen LogP contribution in [0.5, 0.6) is 0 Å². The van der Waals surface area contributed by atoms with Crippen molar-refractivity contribution >= 4 is 24.9 Å². The maximum atomic E-state index is 11.1. The Labute approximate surface area is 80.5 Å². The molecule has 0 aliphatic carbocycles. The van der Waals surface area contributed by atoms with Crippen molar-refractivity contribution in [3.8, 4) is 0 Å². The van der Waals surface area contributed by atoms with Crippen LogP contribution in [0.15, 0.2) is 0 Å². The van der Waals surface area contributed by atoms with Gasteiger partial charge in [0.2, 0.25) is 5.24 Å². The molecule has 1 aliphatic heterocycles. The quantitative estimate of drug-likeness (QED) is 0.474. The van der Waals surface area contributed by atoms with E-state index in [9.17, 15) is 4.79 Å². The summed E-state index contributed by atoms with van der Waals surface area (Å²) >= 11 is 5.57. The van der Waals surface area contributed by atoms with Crippen LogP contribution in [0.3, 0.4) is 0 Å². The summed E-state index contributed by atoms with van der Waals surface area (Å²) in [6.45, 7) is 6.79. The van der Waals surface area contributed by atoms with Crippen molar-refractivity contribution < 1.29 is 4.79 Å². The van der Waals surface area contributed by atoms with Crippen LogP contribution in [0.4, 0.5) is 0 Å². The van der Waals surface area contributed by atoms with E-state index < -0.39 is 8.07 Å². The Morgan fingerprint density at radius 1 is 1.33 bits per heavy atom. The first-order chi connectivity index (χ1) is 5.36. The molecule has 0 aromatic heterocycles. The molecule has 1 fully saturated rings. The molecule has 0 unspecified atom stereocenters. The number of halogens is 1. The molecule has 0 atom stereocenters. The predicted octanol–water partition coefficient (Wildman–Crippen LogP) is 3.26. The summed E-state index contributed by atoms with van der Waals surface area (Å²) in [7, 11) is -0.936. The highest BCUT2D eigenvalue weighted by atomic mass is 35.5. The highest BCUT2D eigenvalue weighted by Gasteiger charge is 2.39. The lowest BCUT2D eigenvalue weighted by molar-refractivity contribution is -0.120. The van der Waals surface area contributed by atoms with Crippen molar-refractivity contribution in [2.75, 3.05) is 0 Å². The van der Waals surface area contributed by atoms with E-state index in [-0.39, 0.29) is 10.7 Å². The molecular weight excluding hydrogens is 188 g/mol. The number of carbonyl (C=O) groups is 1. The third-order valence-corrected chi connectivity index (χ3v) is 6.84. The molecule has 0 aromatic carbocycles. The molecule has 1 aliphatic rings. The second-order valence-electron chi connectivity index (χ2n) is 5.00. The summed E-state index contributed by atoms with van der Waals surface area (Å²) < 4.78 is 0. The van der Waals surface area contributed by atoms with Gasteiger partial charge < -0.3 is 0 Å². The molecule has 0 aromatic rings. The molecule has 0 amide bonds. The minimum absolute atomic E-state index is 0.132. The molecule has 0 spiro atoms. The van der Waals surface area contributed by atoms with E-state index in [0.717, 1.165) is 12.8 Å². The highest BCUT2D eigenvalue weighted by molar-refractivity contribution is 6.77. The van der Waals surface area contributed by atoms with Gasteiger partial charge in [0.05, 0.1) is 0 Å². The lowest BCUT2D eigenvalue weighted by Crippen LogP contribution is -2.38. The third-order valence-electron chi connectivity index (χ3n) is 3.18.